The van der Waals surface area contributed by atoms with E-state index in [9.17, 15) is 9.59 Å². The minimum Gasteiger partial charge on any atom is -0.392 e. The van der Waals surface area contributed by atoms with Crippen molar-refractivity contribution in [3.63, 3.8) is 0 Å². The van der Waals surface area contributed by atoms with Gasteiger partial charge in [0.25, 0.3) is 0 Å². The highest BCUT2D eigenvalue weighted by atomic mass is 35.5. The van der Waals surface area contributed by atoms with Crippen LogP contribution in [0.25, 0.3) is 10.2 Å². The van der Waals surface area contributed by atoms with Crippen LogP contribution in [0, 0.1) is 0 Å². The van der Waals surface area contributed by atoms with Crippen molar-refractivity contribution >= 4 is 56.9 Å². The van der Waals surface area contributed by atoms with Crippen LogP contribution in [0.5, 0.6) is 0 Å². The number of carbonyl (C=O) groups excluding carboxylic acids is 2. The number of thiazole rings is 1. The molecule has 1 N–H and O–H groups in total. The molecule has 0 amide bonds. The van der Waals surface area contributed by atoms with E-state index in [0.717, 1.165) is 38.0 Å². The van der Waals surface area contributed by atoms with Crippen LogP contribution in [0.15, 0.2) is 51.7 Å². The van der Waals surface area contributed by atoms with E-state index < -0.39 is 11.9 Å². The Morgan fingerprint density at radius 3 is 2.96 bits per heavy atom. The van der Waals surface area contributed by atoms with Gasteiger partial charge in [0.15, 0.2) is 4.34 Å². The topological polar surface area (TPSA) is 68.3 Å². The molecule has 3 aromatic rings. The van der Waals surface area contributed by atoms with E-state index in [2.05, 4.69) is 10.3 Å². The molecule has 8 heteroatoms. The Labute approximate surface area is 175 Å². The van der Waals surface area contributed by atoms with Gasteiger partial charge in [-0.15, -0.1) is 11.3 Å². The molecule has 1 aliphatic rings. The number of aromatic nitrogens is 1. The average molecular weight is 433 g/mol. The summed E-state index contributed by atoms with van der Waals surface area (Å²) in [5.74, 6) is -1.03. The second-order valence-electron chi connectivity index (χ2n) is 6.42. The van der Waals surface area contributed by atoms with E-state index in [1.165, 1.54) is 11.8 Å². The Bertz CT molecular complexity index is 1030. The Hall–Kier alpha value is -1.93. The molecule has 28 heavy (non-hydrogen) atoms. The number of hydrogen-bond donors (Lipinski definition) is 1. The van der Waals surface area contributed by atoms with Crippen LogP contribution in [0.1, 0.15) is 18.4 Å². The second kappa shape index (κ2) is 8.61. The van der Waals surface area contributed by atoms with E-state index >= 15 is 0 Å². The predicted molar refractivity (Wildman–Crippen MR) is 111 cm³/mol. The lowest BCUT2D eigenvalue weighted by Crippen LogP contribution is -2.34. The van der Waals surface area contributed by atoms with Crippen LogP contribution in [0.4, 0.5) is 0 Å². The number of benzene rings is 2. The van der Waals surface area contributed by atoms with Crippen molar-refractivity contribution in [2.75, 3.05) is 6.54 Å². The van der Waals surface area contributed by atoms with E-state index in [0.29, 0.717) is 11.4 Å². The van der Waals surface area contributed by atoms with Gasteiger partial charge in [0.05, 0.1) is 16.6 Å². The van der Waals surface area contributed by atoms with Gasteiger partial charge in [-0.3, -0.25) is 4.79 Å². The van der Waals surface area contributed by atoms with E-state index in [-0.39, 0.29) is 12.5 Å². The SMILES string of the molecule is O=C(Cc1ccccc1Sc1nc2cc(Cl)ccc2s1)OC(=O)[C@@H]1CCCN1. The van der Waals surface area contributed by atoms with Crippen molar-refractivity contribution in [3.05, 3.63) is 53.1 Å². The Kier molecular flexibility index (Phi) is 5.96. The molecule has 1 fully saturated rings. The molecular formula is C20H17ClN2O3S2. The first-order valence-electron chi connectivity index (χ1n) is 8.88. The Morgan fingerprint density at radius 1 is 1.29 bits per heavy atom. The number of rotatable bonds is 5. The van der Waals surface area contributed by atoms with E-state index in [4.69, 9.17) is 16.3 Å². The molecule has 2 aromatic carbocycles. The van der Waals surface area contributed by atoms with Gasteiger partial charge in [0.1, 0.15) is 6.04 Å². The molecule has 1 aromatic heterocycles. The van der Waals surface area contributed by atoms with Crippen molar-refractivity contribution in [2.45, 2.75) is 34.5 Å². The van der Waals surface area contributed by atoms with E-state index in [1.807, 2.05) is 42.5 Å². The zero-order chi connectivity index (χ0) is 19.5. The molecule has 0 radical (unpaired) electrons. The number of nitrogens with one attached hydrogen (secondary N) is 1. The molecule has 0 saturated carbocycles. The van der Waals surface area contributed by atoms with E-state index in [1.54, 1.807) is 11.3 Å². The maximum Gasteiger partial charge on any atom is 0.330 e. The standard InChI is InChI=1S/C20H17ClN2O3S2/c21-13-7-8-17-15(11-13)23-20(28-17)27-16-6-2-1-4-12(16)10-18(24)26-19(25)14-5-3-9-22-14/h1-2,4,6-8,11,14,22H,3,5,9-10H2/t14-/m0/s1. The first-order valence-corrected chi connectivity index (χ1v) is 10.9. The van der Waals surface area contributed by atoms with Gasteiger partial charge >= 0.3 is 11.9 Å². The summed E-state index contributed by atoms with van der Waals surface area (Å²) in [6.07, 6.45) is 1.67. The van der Waals surface area contributed by atoms with Crippen LogP contribution < -0.4 is 5.32 Å². The minimum absolute atomic E-state index is 0.0400. The lowest BCUT2D eigenvalue weighted by Gasteiger charge is -2.10. The zero-order valence-electron chi connectivity index (χ0n) is 14.8. The molecule has 1 atom stereocenters. The largest absolute Gasteiger partial charge is 0.392 e. The lowest BCUT2D eigenvalue weighted by molar-refractivity contribution is -0.160. The van der Waals surface area contributed by atoms with Crippen LogP contribution in [0.2, 0.25) is 5.02 Å². The van der Waals surface area contributed by atoms with Crippen LogP contribution in [-0.2, 0) is 20.7 Å². The molecular weight excluding hydrogens is 416 g/mol. The highest BCUT2D eigenvalue weighted by Gasteiger charge is 2.26. The summed E-state index contributed by atoms with van der Waals surface area (Å²) in [5.41, 5.74) is 1.66. The minimum atomic E-state index is -0.539. The first kappa shape index (κ1) is 19.4. The molecule has 144 valence electrons. The van der Waals surface area contributed by atoms with Gasteiger partial charge in [0.2, 0.25) is 0 Å². The van der Waals surface area contributed by atoms with Gasteiger partial charge in [-0.2, -0.15) is 0 Å². The van der Waals surface area contributed by atoms with Gasteiger partial charge in [0, 0.05) is 9.92 Å². The Balaban J connectivity index is 1.46. The summed E-state index contributed by atoms with van der Waals surface area (Å²) in [6.45, 7) is 0.779. The molecule has 0 spiro atoms. The molecule has 5 nitrogen and oxygen atoms in total. The van der Waals surface area contributed by atoms with Crippen molar-refractivity contribution in [3.8, 4) is 0 Å². The summed E-state index contributed by atoms with van der Waals surface area (Å²) in [7, 11) is 0. The molecule has 4 rings (SSSR count). The monoisotopic (exact) mass is 432 g/mol. The van der Waals surface area contributed by atoms with Crippen molar-refractivity contribution in [1.29, 1.82) is 0 Å². The van der Waals surface area contributed by atoms with Crippen molar-refractivity contribution in [1.82, 2.24) is 10.3 Å². The summed E-state index contributed by atoms with van der Waals surface area (Å²) in [6, 6.07) is 12.8. The number of ether oxygens (including phenoxy) is 1. The summed E-state index contributed by atoms with van der Waals surface area (Å²) in [4.78, 5) is 29.8. The number of fused-ring (bicyclic) bond motifs is 1. The lowest BCUT2D eigenvalue weighted by atomic mass is 10.1. The predicted octanol–water partition coefficient (Wildman–Crippen LogP) is 4.47. The molecule has 2 heterocycles. The smallest absolute Gasteiger partial charge is 0.330 e. The third-order valence-electron chi connectivity index (χ3n) is 4.39. The first-order chi connectivity index (χ1) is 13.6. The van der Waals surface area contributed by atoms with Crippen LogP contribution in [-0.4, -0.2) is 29.5 Å². The van der Waals surface area contributed by atoms with Crippen molar-refractivity contribution < 1.29 is 14.3 Å². The maximum atomic E-state index is 12.3. The van der Waals surface area contributed by atoms with Gasteiger partial charge < -0.3 is 10.1 Å². The van der Waals surface area contributed by atoms with Crippen LogP contribution in [0.3, 0.4) is 0 Å². The van der Waals surface area contributed by atoms with Gasteiger partial charge in [-0.05, 0) is 49.2 Å². The Morgan fingerprint density at radius 2 is 2.14 bits per heavy atom. The average Bonchev–Trinajstić information content (AvgIpc) is 3.32. The molecule has 1 saturated heterocycles. The maximum absolute atomic E-state index is 12.3. The number of nitrogens with zero attached hydrogens (tertiary/aromatic N) is 1. The highest BCUT2D eigenvalue weighted by Crippen LogP contribution is 2.36. The van der Waals surface area contributed by atoms with Crippen LogP contribution >= 0.6 is 34.7 Å². The fraction of sp³-hybridized carbons (Fsp3) is 0.250. The normalized spacial score (nSPS) is 16.4. The van der Waals surface area contributed by atoms with Crippen molar-refractivity contribution in [2.24, 2.45) is 0 Å². The number of esters is 2. The fourth-order valence-corrected chi connectivity index (χ4v) is 5.33. The second-order valence-corrected chi connectivity index (χ2v) is 9.18. The highest BCUT2D eigenvalue weighted by molar-refractivity contribution is 8.01. The fourth-order valence-electron chi connectivity index (χ4n) is 3.03. The zero-order valence-corrected chi connectivity index (χ0v) is 17.2. The summed E-state index contributed by atoms with van der Waals surface area (Å²) in [5, 5.41) is 3.69. The summed E-state index contributed by atoms with van der Waals surface area (Å²) < 4.78 is 6.95. The van der Waals surface area contributed by atoms with Gasteiger partial charge in [-0.1, -0.05) is 41.6 Å². The molecule has 0 aliphatic carbocycles. The molecule has 1 aliphatic heterocycles. The summed E-state index contributed by atoms with van der Waals surface area (Å²) >= 11 is 9.10. The number of carbonyl (C=O) groups is 2. The third kappa shape index (κ3) is 4.55. The number of halogens is 1. The molecule has 0 bridgehead atoms. The third-order valence-corrected chi connectivity index (χ3v) is 6.84. The molecule has 0 unspecified atom stereocenters. The quantitative estimate of drug-likeness (QED) is 0.474. The number of hydrogen-bond acceptors (Lipinski definition) is 7. The van der Waals surface area contributed by atoms with Gasteiger partial charge in [-0.25, -0.2) is 9.78 Å².